The fourth-order valence-corrected chi connectivity index (χ4v) is 8.30. The maximum atomic E-state index is 14.0. The summed E-state index contributed by atoms with van der Waals surface area (Å²) in [6.07, 6.45) is 8.94. The van der Waals surface area contributed by atoms with E-state index in [-0.39, 0.29) is 10.8 Å². The lowest BCUT2D eigenvalue weighted by atomic mass is 9.42. The number of methoxy groups -OCH3 is 1. The van der Waals surface area contributed by atoms with Gasteiger partial charge >= 0.3 is 0 Å². The first kappa shape index (κ1) is 19.6. The lowest BCUT2D eigenvalue weighted by Gasteiger charge is -2.62. The molecule has 1 saturated heterocycles. The van der Waals surface area contributed by atoms with Crippen molar-refractivity contribution in [2.45, 2.75) is 43.9 Å². The number of anilines is 1. The number of hydrogen-bond acceptors (Lipinski definition) is 5. The van der Waals surface area contributed by atoms with Crippen molar-refractivity contribution in [3.05, 3.63) is 41.4 Å². The zero-order chi connectivity index (χ0) is 21.1. The number of piperazine rings is 1. The summed E-state index contributed by atoms with van der Waals surface area (Å²) >= 11 is 1.69. The minimum absolute atomic E-state index is 0.145. The van der Waals surface area contributed by atoms with Crippen molar-refractivity contribution < 1.29 is 9.53 Å². The molecule has 2 aromatic rings. The summed E-state index contributed by atoms with van der Waals surface area (Å²) in [6, 6.07) is 8.72. The number of rotatable bonds is 4. The molecule has 2 atom stereocenters. The summed E-state index contributed by atoms with van der Waals surface area (Å²) in [5, 5.41) is 3.11. The lowest BCUT2D eigenvalue weighted by Crippen LogP contribution is -2.61. The Kier molecular flexibility index (Phi) is 4.57. The van der Waals surface area contributed by atoms with Gasteiger partial charge in [-0.3, -0.25) is 4.79 Å². The maximum Gasteiger partial charge on any atom is 0.228 e. The van der Waals surface area contributed by atoms with Gasteiger partial charge in [0.1, 0.15) is 5.75 Å². The molecule has 4 bridgehead atoms. The van der Waals surface area contributed by atoms with E-state index in [0.717, 1.165) is 56.3 Å². The first-order chi connectivity index (χ1) is 15.1. The number of carbonyl (C=O) groups excluding carboxylic acids is 1. The van der Waals surface area contributed by atoms with Gasteiger partial charge in [-0.15, -0.1) is 11.3 Å². The molecule has 0 unspecified atom stereocenters. The van der Waals surface area contributed by atoms with Crippen molar-refractivity contribution in [2.24, 2.45) is 17.3 Å². The molecule has 0 N–H and O–H groups in total. The highest BCUT2D eigenvalue weighted by atomic mass is 32.1. The van der Waals surface area contributed by atoms with Gasteiger partial charge in [0.15, 0.2) is 5.13 Å². The average molecular weight is 438 g/mol. The molecular formula is C25H31N3O2S. The van der Waals surface area contributed by atoms with E-state index in [1.54, 1.807) is 18.4 Å². The maximum absolute atomic E-state index is 14.0. The van der Waals surface area contributed by atoms with Crippen LogP contribution < -0.4 is 9.64 Å². The highest BCUT2D eigenvalue weighted by Crippen LogP contribution is 2.66. The Morgan fingerprint density at radius 2 is 1.77 bits per heavy atom. The number of thiazole rings is 1. The Morgan fingerprint density at radius 3 is 2.39 bits per heavy atom. The fraction of sp³-hybridized carbons (Fsp3) is 0.600. The standard InChI is InChI=1S/C25H31N3O2S/c1-30-21-4-2-20(3-5-21)24-13-18-12-19(14-24)16-25(15-18,17-24)22(29)27-7-9-28(10-8-27)23-26-6-11-31-23/h2-6,11,18-19H,7-10,12-17H2,1H3/t18-,19-,24?,25?/m1/s1. The van der Waals surface area contributed by atoms with Crippen LogP contribution in [0.3, 0.4) is 0 Å². The summed E-state index contributed by atoms with van der Waals surface area (Å²) in [5.74, 6) is 2.75. The van der Waals surface area contributed by atoms with Crippen molar-refractivity contribution in [3.63, 3.8) is 0 Å². The molecule has 1 aliphatic heterocycles. The third-order valence-electron chi connectivity index (χ3n) is 8.47. The molecule has 1 amide bonds. The normalized spacial score (nSPS) is 34.2. The van der Waals surface area contributed by atoms with Crippen LogP contribution in [0.1, 0.15) is 44.1 Å². The summed E-state index contributed by atoms with van der Waals surface area (Å²) < 4.78 is 5.39. The average Bonchev–Trinajstić information content (AvgIpc) is 3.33. The largest absolute Gasteiger partial charge is 0.497 e. The van der Waals surface area contributed by atoms with Crippen molar-refractivity contribution >= 4 is 22.4 Å². The molecule has 6 heteroatoms. The minimum Gasteiger partial charge on any atom is -0.497 e. The highest BCUT2D eigenvalue weighted by molar-refractivity contribution is 7.13. The van der Waals surface area contributed by atoms with Gasteiger partial charge in [0.25, 0.3) is 0 Å². The second-order valence-corrected chi connectivity index (χ2v) is 11.2. The number of amides is 1. The molecule has 0 spiro atoms. The molecule has 1 aromatic heterocycles. The Morgan fingerprint density at radius 1 is 1.06 bits per heavy atom. The van der Waals surface area contributed by atoms with Crippen LogP contribution in [0.2, 0.25) is 0 Å². The van der Waals surface area contributed by atoms with Crippen molar-refractivity contribution in [3.8, 4) is 5.75 Å². The zero-order valence-corrected chi connectivity index (χ0v) is 19.1. The second kappa shape index (κ2) is 7.22. The van der Waals surface area contributed by atoms with Gasteiger partial charge in [-0.05, 0) is 73.5 Å². The third kappa shape index (κ3) is 3.17. The summed E-state index contributed by atoms with van der Waals surface area (Å²) in [4.78, 5) is 23.0. The van der Waals surface area contributed by atoms with Gasteiger partial charge in [0.05, 0.1) is 12.5 Å². The van der Waals surface area contributed by atoms with Crippen LogP contribution in [0.4, 0.5) is 5.13 Å². The predicted octanol–water partition coefficient (Wildman–Crippen LogP) is 4.34. The first-order valence-electron chi connectivity index (χ1n) is 11.7. The summed E-state index contributed by atoms with van der Waals surface area (Å²) in [5.41, 5.74) is 1.45. The van der Waals surface area contributed by atoms with Gasteiger partial charge in [0, 0.05) is 37.8 Å². The van der Waals surface area contributed by atoms with Crippen LogP contribution in [-0.2, 0) is 10.2 Å². The van der Waals surface area contributed by atoms with E-state index < -0.39 is 0 Å². The smallest absolute Gasteiger partial charge is 0.228 e. The van der Waals surface area contributed by atoms with E-state index >= 15 is 0 Å². The molecule has 1 aromatic carbocycles. The predicted molar refractivity (Wildman–Crippen MR) is 123 cm³/mol. The number of ether oxygens (including phenoxy) is 1. The van der Waals surface area contributed by atoms with Crippen molar-refractivity contribution in [2.75, 3.05) is 38.2 Å². The highest BCUT2D eigenvalue weighted by Gasteiger charge is 2.61. The lowest BCUT2D eigenvalue weighted by molar-refractivity contribution is -0.160. The first-order valence-corrected chi connectivity index (χ1v) is 12.6. The number of aromatic nitrogens is 1. The summed E-state index contributed by atoms with van der Waals surface area (Å²) in [6.45, 7) is 3.44. The molecule has 7 rings (SSSR count). The third-order valence-corrected chi connectivity index (χ3v) is 9.31. The molecule has 5 aliphatic rings. The minimum atomic E-state index is -0.145. The molecule has 5 fully saturated rings. The molecule has 4 saturated carbocycles. The number of nitrogens with zero attached hydrogens (tertiary/aromatic N) is 3. The Hall–Kier alpha value is -2.08. The van der Waals surface area contributed by atoms with Crippen LogP contribution in [0.5, 0.6) is 5.75 Å². The van der Waals surface area contributed by atoms with Gasteiger partial charge in [-0.2, -0.15) is 0 Å². The fourth-order valence-electron chi connectivity index (χ4n) is 7.60. The van der Waals surface area contributed by atoms with Gasteiger partial charge < -0.3 is 14.5 Å². The van der Waals surface area contributed by atoms with Crippen LogP contribution in [0.25, 0.3) is 0 Å². The van der Waals surface area contributed by atoms with Gasteiger partial charge in [-0.25, -0.2) is 4.98 Å². The number of benzene rings is 1. The topological polar surface area (TPSA) is 45.7 Å². The quantitative estimate of drug-likeness (QED) is 0.714. The van der Waals surface area contributed by atoms with E-state index in [9.17, 15) is 4.79 Å². The SMILES string of the molecule is COc1ccc(C23C[C@H]4C[C@@H](CC(C(=O)N5CCN(c6nccs6)CC5)(C4)C2)C3)cc1. The summed E-state index contributed by atoms with van der Waals surface area (Å²) in [7, 11) is 1.72. The van der Waals surface area contributed by atoms with Crippen LogP contribution in [0, 0.1) is 17.3 Å². The van der Waals surface area contributed by atoms with Crippen molar-refractivity contribution in [1.29, 1.82) is 0 Å². The monoisotopic (exact) mass is 437 g/mol. The van der Waals surface area contributed by atoms with E-state index in [0.29, 0.717) is 17.7 Å². The van der Waals surface area contributed by atoms with E-state index in [1.165, 1.54) is 24.8 Å². The molecule has 164 valence electrons. The number of hydrogen-bond donors (Lipinski definition) is 0. The second-order valence-electron chi connectivity index (χ2n) is 10.3. The molecule has 4 aliphatic carbocycles. The zero-order valence-electron chi connectivity index (χ0n) is 18.3. The Labute approximate surface area is 188 Å². The molecule has 0 radical (unpaired) electrons. The Bertz CT molecular complexity index is 936. The Balaban J connectivity index is 1.24. The van der Waals surface area contributed by atoms with Crippen LogP contribution in [-0.4, -0.2) is 49.1 Å². The number of carbonyl (C=O) groups is 1. The van der Waals surface area contributed by atoms with E-state index in [4.69, 9.17) is 4.74 Å². The van der Waals surface area contributed by atoms with E-state index in [2.05, 4.69) is 39.0 Å². The van der Waals surface area contributed by atoms with Crippen molar-refractivity contribution in [1.82, 2.24) is 9.88 Å². The molecular weight excluding hydrogens is 406 g/mol. The van der Waals surface area contributed by atoms with Gasteiger partial charge in [-0.1, -0.05) is 12.1 Å². The van der Waals surface area contributed by atoms with Crippen LogP contribution >= 0.6 is 11.3 Å². The molecule has 2 heterocycles. The molecule has 5 nitrogen and oxygen atoms in total. The molecule has 31 heavy (non-hydrogen) atoms. The van der Waals surface area contributed by atoms with E-state index in [1.807, 2.05) is 11.6 Å². The van der Waals surface area contributed by atoms with Gasteiger partial charge in [0.2, 0.25) is 5.91 Å². The van der Waals surface area contributed by atoms with Crippen LogP contribution in [0.15, 0.2) is 35.8 Å².